The first-order valence-electron chi connectivity index (χ1n) is 12.9. The van der Waals surface area contributed by atoms with Crippen LogP contribution in [0.5, 0.6) is 11.6 Å². The second-order valence-corrected chi connectivity index (χ2v) is 10.6. The van der Waals surface area contributed by atoms with Crippen molar-refractivity contribution in [2.24, 2.45) is 5.92 Å². The minimum atomic E-state index is -1.15. The van der Waals surface area contributed by atoms with Gasteiger partial charge in [-0.1, -0.05) is 41.9 Å². The number of likely N-dealkylation sites (tertiary alicyclic amines) is 1. The monoisotopic (exact) mass is 573 g/mol. The van der Waals surface area contributed by atoms with E-state index in [0.717, 1.165) is 19.5 Å². The van der Waals surface area contributed by atoms with Crippen LogP contribution in [0.25, 0.3) is 0 Å². The van der Waals surface area contributed by atoms with Gasteiger partial charge in [-0.2, -0.15) is 0 Å². The lowest BCUT2D eigenvalue weighted by atomic mass is 9.80. The Kier molecular flexibility index (Phi) is 9.17. The third kappa shape index (κ3) is 6.55. The number of hydrogen-bond acceptors (Lipinski definition) is 7. The van der Waals surface area contributed by atoms with Crippen molar-refractivity contribution in [2.75, 3.05) is 31.9 Å². The molecule has 2 atom stereocenters. The zero-order valence-corrected chi connectivity index (χ0v) is 23.0. The number of aromatic nitrogens is 2. The number of ether oxygens (including phenoxy) is 1. The van der Waals surface area contributed by atoms with Crippen molar-refractivity contribution in [3.8, 4) is 11.6 Å². The molecule has 9 nitrogen and oxygen atoms in total. The molecule has 2 fully saturated rings. The molecular weight excluding hydrogens is 541 g/mol. The Labute approximate surface area is 238 Å². The largest absolute Gasteiger partial charge is 0.437 e. The summed E-state index contributed by atoms with van der Waals surface area (Å²) in [6, 6.07) is 16.8. The molecule has 1 aromatic heterocycles. The quantitative estimate of drug-likeness (QED) is 0.412. The zero-order chi connectivity index (χ0) is 26.7. The molecule has 2 aromatic carbocycles. The van der Waals surface area contributed by atoms with E-state index in [0.29, 0.717) is 36.7 Å². The molecule has 208 valence electrons. The predicted octanol–water partition coefficient (Wildman–Crippen LogP) is 3.44. The van der Waals surface area contributed by atoms with Crippen LogP contribution in [-0.2, 0) is 11.3 Å². The number of rotatable bonds is 6. The fourth-order valence-corrected chi connectivity index (χ4v) is 5.48. The summed E-state index contributed by atoms with van der Waals surface area (Å²) in [6.45, 7) is 2.47. The highest BCUT2D eigenvalue weighted by Crippen LogP contribution is 2.33. The first-order valence-corrected chi connectivity index (χ1v) is 13.3. The molecule has 0 unspecified atom stereocenters. The zero-order valence-electron chi connectivity index (χ0n) is 21.5. The summed E-state index contributed by atoms with van der Waals surface area (Å²) in [5, 5.41) is 15.3. The number of nitrogens with one attached hydrogen (secondary N) is 1. The van der Waals surface area contributed by atoms with Crippen LogP contribution >= 0.6 is 24.0 Å². The molecule has 0 radical (unpaired) electrons. The summed E-state index contributed by atoms with van der Waals surface area (Å²) in [4.78, 5) is 32.5. The van der Waals surface area contributed by atoms with Gasteiger partial charge in [0.25, 0.3) is 5.56 Å². The van der Waals surface area contributed by atoms with Gasteiger partial charge in [0.2, 0.25) is 11.8 Å². The van der Waals surface area contributed by atoms with Crippen LogP contribution in [0, 0.1) is 5.92 Å². The van der Waals surface area contributed by atoms with Crippen molar-refractivity contribution in [2.45, 2.75) is 37.3 Å². The van der Waals surface area contributed by atoms with Crippen LogP contribution in [0.15, 0.2) is 65.7 Å². The van der Waals surface area contributed by atoms with Gasteiger partial charge in [0.15, 0.2) is 5.69 Å². The Morgan fingerprint density at radius 3 is 2.54 bits per heavy atom. The van der Waals surface area contributed by atoms with E-state index in [1.54, 1.807) is 24.3 Å². The lowest BCUT2D eigenvalue weighted by Gasteiger charge is -2.41. The van der Waals surface area contributed by atoms with Crippen molar-refractivity contribution in [1.29, 1.82) is 0 Å². The summed E-state index contributed by atoms with van der Waals surface area (Å²) in [5.74, 6) is 0.610. The SMILES string of the molecule is Cl.Nc1c(Oc2ccc(Cl)cc2)ncn(CC2(O)CCN(C(=O)[C@@H]3CCNC[C@H]3c3ccccc3)CC2)c1=O. The van der Waals surface area contributed by atoms with E-state index in [-0.39, 0.29) is 48.3 Å². The topological polar surface area (TPSA) is 123 Å². The molecule has 0 aliphatic carbocycles. The summed E-state index contributed by atoms with van der Waals surface area (Å²) in [6.07, 6.45) is 2.83. The average molecular weight is 575 g/mol. The number of piperidine rings is 2. The van der Waals surface area contributed by atoms with Crippen molar-refractivity contribution >= 4 is 35.6 Å². The van der Waals surface area contributed by atoms with E-state index in [2.05, 4.69) is 22.4 Å². The molecule has 3 heterocycles. The third-order valence-electron chi connectivity index (χ3n) is 7.56. The molecule has 0 saturated carbocycles. The van der Waals surface area contributed by atoms with Crippen molar-refractivity contribution in [3.05, 3.63) is 81.9 Å². The highest BCUT2D eigenvalue weighted by atomic mass is 35.5. The molecule has 0 bridgehead atoms. The van der Waals surface area contributed by atoms with E-state index in [1.165, 1.54) is 16.5 Å². The van der Waals surface area contributed by atoms with Gasteiger partial charge in [-0.3, -0.25) is 14.2 Å². The maximum atomic E-state index is 13.5. The number of nitrogens with two attached hydrogens (primary N) is 1. The van der Waals surface area contributed by atoms with Crippen LogP contribution in [0.3, 0.4) is 0 Å². The third-order valence-corrected chi connectivity index (χ3v) is 7.81. The minimum absolute atomic E-state index is 0. The molecule has 4 N–H and O–H groups in total. The first kappa shape index (κ1) is 28.9. The van der Waals surface area contributed by atoms with Gasteiger partial charge in [-0.05, 0) is 55.6 Å². The molecule has 2 aliphatic rings. The standard InChI is InChI=1S/C28H32ClN5O4.ClH/c29-20-6-8-21(9-7-20)38-25-24(30)27(36)34(18-32-25)17-28(37)11-14-33(15-12-28)26(35)22-10-13-31-16-23(22)19-4-2-1-3-5-19;/h1-9,18,22-23,31,37H,10-17,30H2;1H/t22-,23+;/m1./s1. The summed E-state index contributed by atoms with van der Waals surface area (Å²) in [7, 11) is 0. The fourth-order valence-electron chi connectivity index (χ4n) is 5.36. The molecule has 5 rings (SSSR count). The number of aliphatic hydroxyl groups is 1. The Morgan fingerprint density at radius 1 is 1.15 bits per heavy atom. The molecule has 3 aromatic rings. The Balaban J connectivity index is 0.00000353. The highest BCUT2D eigenvalue weighted by Gasteiger charge is 2.39. The molecule has 39 heavy (non-hydrogen) atoms. The Hall–Kier alpha value is -3.11. The first-order chi connectivity index (χ1) is 18.3. The van der Waals surface area contributed by atoms with Crippen LogP contribution < -0.4 is 21.3 Å². The van der Waals surface area contributed by atoms with Crippen molar-refractivity contribution in [3.63, 3.8) is 0 Å². The van der Waals surface area contributed by atoms with Crippen LogP contribution in [0.4, 0.5) is 5.69 Å². The van der Waals surface area contributed by atoms with Crippen molar-refractivity contribution in [1.82, 2.24) is 19.8 Å². The second-order valence-electron chi connectivity index (χ2n) is 10.1. The van der Waals surface area contributed by atoms with Crippen LogP contribution in [-0.4, -0.2) is 57.2 Å². The fraction of sp³-hybridized carbons (Fsp3) is 0.393. The number of amides is 1. The predicted molar refractivity (Wildman–Crippen MR) is 153 cm³/mol. The van der Waals surface area contributed by atoms with Crippen LogP contribution in [0.1, 0.15) is 30.7 Å². The van der Waals surface area contributed by atoms with Gasteiger partial charge in [0, 0.05) is 36.5 Å². The van der Waals surface area contributed by atoms with Crippen molar-refractivity contribution < 1.29 is 14.6 Å². The van der Waals surface area contributed by atoms with Gasteiger partial charge in [0.1, 0.15) is 12.1 Å². The molecule has 2 aliphatic heterocycles. The summed E-state index contributed by atoms with van der Waals surface area (Å²) >= 11 is 5.90. The minimum Gasteiger partial charge on any atom is -0.437 e. The van der Waals surface area contributed by atoms with Gasteiger partial charge in [0.05, 0.1) is 12.1 Å². The number of benzene rings is 2. The number of hydrogen-bond donors (Lipinski definition) is 3. The summed E-state index contributed by atoms with van der Waals surface area (Å²) in [5.41, 5.74) is 5.41. The van der Waals surface area contributed by atoms with Gasteiger partial charge >= 0.3 is 0 Å². The maximum absolute atomic E-state index is 13.5. The Morgan fingerprint density at radius 2 is 1.85 bits per heavy atom. The second kappa shape index (κ2) is 12.4. The van der Waals surface area contributed by atoms with Gasteiger partial charge in [-0.25, -0.2) is 4.98 Å². The molecule has 0 spiro atoms. The van der Waals surface area contributed by atoms with Gasteiger partial charge in [-0.15, -0.1) is 12.4 Å². The number of carbonyl (C=O) groups excluding carboxylic acids is 1. The number of carbonyl (C=O) groups is 1. The molecule has 2 saturated heterocycles. The lowest BCUT2D eigenvalue weighted by Crippen LogP contribution is -2.52. The van der Waals surface area contributed by atoms with E-state index in [4.69, 9.17) is 22.1 Å². The lowest BCUT2D eigenvalue weighted by molar-refractivity contribution is -0.141. The van der Waals surface area contributed by atoms with E-state index in [1.807, 2.05) is 23.1 Å². The van der Waals surface area contributed by atoms with Crippen LogP contribution in [0.2, 0.25) is 5.02 Å². The average Bonchev–Trinajstić information content (AvgIpc) is 2.94. The smallest absolute Gasteiger partial charge is 0.280 e. The highest BCUT2D eigenvalue weighted by molar-refractivity contribution is 6.30. The normalized spacial score (nSPS) is 20.6. The number of halogens is 2. The number of nitrogen functional groups attached to an aromatic ring is 1. The summed E-state index contributed by atoms with van der Waals surface area (Å²) < 4.78 is 6.94. The molecule has 1 amide bonds. The van der Waals surface area contributed by atoms with E-state index >= 15 is 0 Å². The Bertz CT molecular complexity index is 1330. The number of nitrogens with zero attached hydrogens (tertiary/aromatic N) is 3. The van der Waals surface area contributed by atoms with E-state index in [9.17, 15) is 14.7 Å². The molecular formula is C28H33Cl2N5O4. The van der Waals surface area contributed by atoms with Gasteiger partial charge < -0.3 is 25.8 Å². The van der Waals surface area contributed by atoms with E-state index < -0.39 is 11.2 Å². The molecule has 11 heteroatoms. The maximum Gasteiger partial charge on any atom is 0.280 e. The number of anilines is 1.